The molecule has 1 unspecified atom stereocenters. The normalized spacial score (nSPS) is 24.0. The van der Waals surface area contributed by atoms with Crippen molar-refractivity contribution in [3.05, 3.63) is 0 Å². The number of likely N-dealkylation sites (tertiary alicyclic amines) is 1. The highest BCUT2D eigenvalue weighted by atomic mass is 32.2. The van der Waals surface area contributed by atoms with E-state index in [0.29, 0.717) is 0 Å². The Bertz CT molecular complexity index is 127. The molecule has 0 saturated carbocycles. The smallest absolute Gasteiger partial charge is 0.00100 e. The highest BCUT2D eigenvalue weighted by Gasteiger charge is 2.19. The molecule has 0 spiro atoms. The van der Waals surface area contributed by atoms with Crippen LogP contribution in [0.5, 0.6) is 0 Å². The number of thioether (sulfide) groups is 1. The van der Waals surface area contributed by atoms with Crippen LogP contribution in [0.15, 0.2) is 0 Å². The number of rotatable bonds is 6. The van der Waals surface area contributed by atoms with E-state index in [-0.39, 0.29) is 0 Å². The van der Waals surface area contributed by atoms with Crippen molar-refractivity contribution in [2.75, 3.05) is 31.1 Å². The monoisotopic (exact) mass is 201 g/mol. The third-order valence-corrected chi connectivity index (χ3v) is 3.90. The lowest BCUT2D eigenvalue weighted by atomic mass is 10.1. The predicted octanol–water partition coefficient (Wildman–Crippen LogP) is 2.86. The average Bonchev–Trinajstić information content (AvgIpc) is 2.60. The molecule has 1 saturated heterocycles. The average molecular weight is 201 g/mol. The van der Waals surface area contributed by atoms with Crippen LogP contribution in [0.2, 0.25) is 0 Å². The van der Waals surface area contributed by atoms with Gasteiger partial charge in [-0.05, 0) is 43.4 Å². The topological polar surface area (TPSA) is 3.24 Å². The van der Waals surface area contributed by atoms with Gasteiger partial charge in [-0.25, -0.2) is 0 Å². The van der Waals surface area contributed by atoms with Crippen LogP contribution < -0.4 is 0 Å². The van der Waals surface area contributed by atoms with Crippen molar-refractivity contribution >= 4 is 11.8 Å². The number of nitrogens with zero attached hydrogens (tertiary/aromatic N) is 1. The van der Waals surface area contributed by atoms with Gasteiger partial charge in [0.05, 0.1) is 0 Å². The summed E-state index contributed by atoms with van der Waals surface area (Å²) in [5.41, 5.74) is 0. The molecule has 0 radical (unpaired) electrons. The highest BCUT2D eigenvalue weighted by molar-refractivity contribution is 7.99. The third-order valence-electron chi connectivity index (χ3n) is 2.91. The van der Waals surface area contributed by atoms with Gasteiger partial charge in [-0.2, -0.15) is 11.8 Å². The molecule has 0 aromatic heterocycles. The maximum Gasteiger partial charge on any atom is 0.00100 e. The van der Waals surface area contributed by atoms with E-state index in [1.54, 1.807) is 0 Å². The van der Waals surface area contributed by atoms with Crippen LogP contribution in [0.3, 0.4) is 0 Å². The minimum atomic E-state index is 0.999. The van der Waals surface area contributed by atoms with Crippen molar-refractivity contribution in [1.82, 2.24) is 4.90 Å². The van der Waals surface area contributed by atoms with Gasteiger partial charge in [-0.3, -0.25) is 0 Å². The van der Waals surface area contributed by atoms with Gasteiger partial charge in [0.25, 0.3) is 0 Å². The number of hydrogen-bond donors (Lipinski definition) is 0. The van der Waals surface area contributed by atoms with Crippen LogP contribution in [-0.4, -0.2) is 36.0 Å². The van der Waals surface area contributed by atoms with Crippen molar-refractivity contribution in [3.63, 3.8) is 0 Å². The first-order chi connectivity index (χ1) is 6.36. The molecule has 1 aliphatic heterocycles. The molecule has 1 rings (SSSR count). The molecule has 1 atom stereocenters. The van der Waals surface area contributed by atoms with Crippen molar-refractivity contribution in [2.24, 2.45) is 5.92 Å². The summed E-state index contributed by atoms with van der Waals surface area (Å²) in [6.45, 7) is 8.63. The molecule has 2 heteroatoms. The van der Waals surface area contributed by atoms with Crippen LogP contribution in [0, 0.1) is 5.92 Å². The molecule has 13 heavy (non-hydrogen) atoms. The minimum Gasteiger partial charge on any atom is -0.303 e. The van der Waals surface area contributed by atoms with Crippen LogP contribution in [0.25, 0.3) is 0 Å². The van der Waals surface area contributed by atoms with E-state index in [4.69, 9.17) is 0 Å². The van der Waals surface area contributed by atoms with Gasteiger partial charge in [0, 0.05) is 6.54 Å². The van der Waals surface area contributed by atoms with Crippen molar-refractivity contribution in [1.29, 1.82) is 0 Å². The van der Waals surface area contributed by atoms with Gasteiger partial charge in [-0.15, -0.1) is 0 Å². The fourth-order valence-electron chi connectivity index (χ4n) is 1.98. The minimum absolute atomic E-state index is 0.999. The summed E-state index contributed by atoms with van der Waals surface area (Å²) in [6.07, 6.45) is 4.20. The molecule has 0 aromatic rings. The molecule has 0 N–H and O–H groups in total. The Hall–Kier alpha value is 0.310. The summed E-state index contributed by atoms with van der Waals surface area (Å²) in [4.78, 5) is 2.64. The summed E-state index contributed by atoms with van der Waals surface area (Å²) in [5, 5.41) is 0. The van der Waals surface area contributed by atoms with Crippen LogP contribution in [0.1, 0.15) is 33.1 Å². The summed E-state index contributed by atoms with van der Waals surface area (Å²) >= 11 is 2.07. The zero-order chi connectivity index (χ0) is 9.52. The first kappa shape index (κ1) is 11.4. The van der Waals surface area contributed by atoms with Crippen molar-refractivity contribution in [2.45, 2.75) is 33.1 Å². The second-order valence-electron chi connectivity index (χ2n) is 3.91. The largest absolute Gasteiger partial charge is 0.303 e. The molecule has 1 aliphatic rings. The van der Waals surface area contributed by atoms with E-state index in [0.717, 1.165) is 5.92 Å². The molecule has 0 amide bonds. The Morgan fingerprint density at radius 1 is 1.38 bits per heavy atom. The van der Waals surface area contributed by atoms with Gasteiger partial charge in [0.1, 0.15) is 0 Å². The van der Waals surface area contributed by atoms with Gasteiger partial charge >= 0.3 is 0 Å². The van der Waals surface area contributed by atoms with Crippen molar-refractivity contribution < 1.29 is 0 Å². The fourth-order valence-corrected chi connectivity index (χ4v) is 2.61. The predicted molar refractivity (Wildman–Crippen MR) is 62.5 cm³/mol. The van der Waals surface area contributed by atoms with Gasteiger partial charge in [0.15, 0.2) is 0 Å². The Balaban J connectivity index is 1.97. The standard InChI is InChI=1S/C11H23NS/c1-3-11-6-8-12(10-11)7-5-9-13-4-2/h11H,3-10H2,1-2H3. The Morgan fingerprint density at radius 3 is 2.85 bits per heavy atom. The zero-order valence-corrected chi connectivity index (χ0v) is 9.91. The fraction of sp³-hybridized carbons (Fsp3) is 1.00. The van der Waals surface area contributed by atoms with Gasteiger partial charge < -0.3 is 4.90 Å². The van der Waals surface area contributed by atoms with Crippen molar-refractivity contribution in [3.8, 4) is 0 Å². The molecule has 1 heterocycles. The Labute approximate surface area is 87.3 Å². The summed E-state index contributed by atoms with van der Waals surface area (Å²) in [6, 6.07) is 0. The van der Waals surface area contributed by atoms with E-state index in [2.05, 4.69) is 30.5 Å². The van der Waals surface area contributed by atoms with E-state index < -0.39 is 0 Å². The van der Waals surface area contributed by atoms with E-state index in [1.165, 1.54) is 50.4 Å². The SMILES string of the molecule is CCSCCCN1CCC(CC)C1. The molecule has 0 aromatic carbocycles. The molecule has 1 fully saturated rings. The van der Waals surface area contributed by atoms with Crippen LogP contribution in [-0.2, 0) is 0 Å². The second kappa shape index (κ2) is 6.72. The van der Waals surface area contributed by atoms with Gasteiger partial charge in [0.2, 0.25) is 0 Å². The second-order valence-corrected chi connectivity index (χ2v) is 5.31. The van der Waals surface area contributed by atoms with E-state index >= 15 is 0 Å². The maximum atomic E-state index is 2.64. The van der Waals surface area contributed by atoms with Crippen LogP contribution in [0.4, 0.5) is 0 Å². The van der Waals surface area contributed by atoms with E-state index in [9.17, 15) is 0 Å². The quantitative estimate of drug-likeness (QED) is 0.608. The summed E-state index contributed by atoms with van der Waals surface area (Å²) in [5.74, 6) is 3.63. The lowest BCUT2D eigenvalue weighted by Gasteiger charge is -2.14. The maximum absolute atomic E-state index is 2.64. The Kier molecular flexibility index (Phi) is 5.88. The molecular weight excluding hydrogens is 178 g/mol. The molecule has 0 aliphatic carbocycles. The highest BCUT2D eigenvalue weighted by Crippen LogP contribution is 2.19. The molecule has 1 nitrogen and oxygen atoms in total. The van der Waals surface area contributed by atoms with E-state index in [1.807, 2.05) is 0 Å². The first-order valence-electron chi connectivity index (χ1n) is 5.66. The molecule has 78 valence electrons. The first-order valence-corrected chi connectivity index (χ1v) is 6.82. The molecule has 0 bridgehead atoms. The zero-order valence-electron chi connectivity index (χ0n) is 9.09. The third kappa shape index (κ3) is 4.37. The van der Waals surface area contributed by atoms with Gasteiger partial charge in [-0.1, -0.05) is 20.3 Å². The number of hydrogen-bond acceptors (Lipinski definition) is 2. The molecular formula is C11H23NS. The van der Waals surface area contributed by atoms with Crippen LogP contribution >= 0.6 is 11.8 Å². The lowest BCUT2D eigenvalue weighted by Crippen LogP contribution is -2.22. The summed E-state index contributed by atoms with van der Waals surface area (Å²) < 4.78 is 0. The Morgan fingerprint density at radius 2 is 2.23 bits per heavy atom. The lowest BCUT2D eigenvalue weighted by molar-refractivity contribution is 0.324. The summed E-state index contributed by atoms with van der Waals surface area (Å²) in [7, 11) is 0.